The molecule has 4 rings (SSSR count). The molecule has 0 aliphatic carbocycles. The van der Waals surface area contributed by atoms with Gasteiger partial charge in [-0.2, -0.15) is 0 Å². The van der Waals surface area contributed by atoms with Gasteiger partial charge in [0.2, 0.25) is 0 Å². The van der Waals surface area contributed by atoms with Crippen LogP contribution < -0.4 is 10.2 Å². The van der Waals surface area contributed by atoms with Crippen LogP contribution in [0.15, 0.2) is 30.7 Å². The van der Waals surface area contributed by atoms with E-state index in [9.17, 15) is 0 Å². The van der Waals surface area contributed by atoms with Crippen molar-refractivity contribution in [3.63, 3.8) is 0 Å². The topological polar surface area (TPSA) is 69.3 Å². The molecule has 1 fully saturated rings. The maximum absolute atomic E-state index is 5.43. The second kappa shape index (κ2) is 7.39. The predicted molar refractivity (Wildman–Crippen MR) is 101 cm³/mol. The molecule has 0 saturated carbocycles. The molecule has 0 aromatic carbocycles. The van der Waals surface area contributed by atoms with Gasteiger partial charge in [-0.15, -0.1) is 0 Å². The van der Waals surface area contributed by atoms with Gasteiger partial charge in [-0.05, 0) is 31.5 Å². The Morgan fingerprint density at radius 1 is 1.15 bits per heavy atom. The van der Waals surface area contributed by atoms with Gasteiger partial charge >= 0.3 is 0 Å². The fraction of sp³-hybridized carbons (Fsp3) is 0.421. The lowest BCUT2D eigenvalue weighted by Gasteiger charge is -2.23. The number of aryl methyl sites for hydroxylation is 1. The Labute approximate surface area is 153 Å². The molecule has 0 unspecified atom stereocenters. The highest BCUT2D eigenvalue weighted by Crippen LogP contribution is 2.30. The lowest BCUT2D eigenvalue weighted by atomic mass is 10.2. The molecular formula is C19H25N6O+. The van der Waals surface area contributed by atoms with Crippen molar-refractivity contribution in [2.45, 2.75) is 13.8 Å². The lowest BCUT2D eigenvalue weighted by molar-refractivity contribution is -0.906. The Bertz CT molecular complexity index is 886. The minimum atomic E-state index is 0.859. The molecule has 0 atom stereocenters. The monoisotopic (exact) mass is 353 g/mol. The third-order valence-electron chi connectivity index (χ3n) is 5.14. The summed E-state index contributed by atoms with van der Waals surface area (Å²) in [5.41, 5.74) is 3.23. The number of morpholine rings is 1. The van der Waals surface area contributed by atoms with Gasteiger partial charge < -0.3 is 15.0 Å². The van der Waals surface area contributed by atoms with Crippen molar-refractivity contribution in [3.8, 4) is 5.82 Å². The van der Waals surface area contributed by atoms with Crippen LogP contribution in [0.2, 0.25) is 0 Å². The zero-order chi connectivity index (χ0) is 17.9. The molecule has 1 aliphatic heterocycles. The van der Waals surface area contributed by atoms with Crippen LogP contribution in [0.25, 0.3) is 16.9 Å². The second-order valence-corrected chi connectivity index (χ2v) is 6.69. The van der Waals surface area contributed by atoms with Gasteiger partial charge in [-0.25, -0.2) is 15.0 Å². The van der Waals surface area contributed by atoms with Gasteiger partial charge in [0.1, 0.15) is 31.1 Å². The Morgan fingerprint density at radius 2 is 2.00 bits per heavy atom. The SMILES string of the molecule is Cc1c(C)n(-c2ccccn2)c2ncnc(NCC[NH+]3CCOCC3)c12. The summed E-state index contributed by atoms with van der Waals surface area (Å²) in [6, 6.07) is 5.92. The van der Waals surface area contributed by atoms with Crippen molar-refractivity contribution in [2.24, 2.45) is 0 Å². The van der Waals surface area contributed by atoms with E-state index >= 15 is 0 Å². The molecule has 7 nitrogen and oxygen atoms in total. The Hall–Kier alpha value is -2.51. The zero-order valence-corrected chi connectivity index (χ0v) is 15.3. The van der Waals surface area contributed by atoms with Crippen molar-refractivity contribution >= 4 is 16.9 Å². The van der Waals surface area contributed by atoms with Crippen LogP contribution in [0.1, 0.15) is 11.3 Å². The van der Waals surface area contributed by atoms with E-state index in [1.165, 1.54) is 5.56 Å². The smallest absolute Gasteiger partial charge is 0.151 e. The van der Waals surface area contributed by atoms with E-state index in [-0.39, 0.29) is 0 Å². The van der Waals surface area contributed by atoms with Crippen LogP contribution in [-0.4, -0.2) is 58.9 Å². The summed E-state index contributed by atoms with van der Waals surface area (Å²) in [6.45, 7) is 10.1. The van der Waals surface area contributed by atoms with Crippen molar-refractivity contribution in [1.29, 1.82) is 0 Å². The van der Waals surface area contributed by atoms with E-state index in [1.807, 2.05) is 18.2 Å². The van der Waals surface area contributed by atoms with E-state index in [1.54, 1.807) is 17.4 Å². The zero-order valence-electron chi connectivity index (χ0n) is 15.3. The van der Waals surface area contributed by atoms with E-state index in [2.05, 4.69) is 38.7 Å². The number of nitrogens with one attached hydrogen (secondary N) is 2. The highest BCUT2D eigenvalue weighted by molar-refractivity contribution is 5.92. The largest absolute Gasteiger partial charge is 0.370 e. The van der Waals surface area contributed by atoms with Crippen LogP contribution in [0.5, 0.6) is 0 Å². The second-order valence-electron chi connectivity index (χ2n) is 6.69. The summed E-state index contributed by atoms with van der Waals surface area (Å²) in [6.07, 6.45) is 3.44. The van der Waals surface area contributed by atoms with Crippen LogP contribution in [0.4, 0.5) is 5.82 Å². The Balaban J connectivity index is 1.62. The molecule has 1 saturated heterocycles. The minimum Gasteiger partial charge on any atom is -0.370 e. The van der Waals surface area contributed by atoms with Crippen molar-refractivity contribution in [3.05, 3.63) is 42.0 Å². The van der Waals surface area contributed by atoms with Gasteiger partial charge in [-0.3, -0.25) is 4.57 Å². The van der Waals surface area contributed by atoms with Gasteiger partial charge in [0.25, 0.3) is 0 Å². The molecule has 3 aromatic heterocycles. The average Bonchev–Trinajstić information content (AvgIpc) is 2.95. The van der Waals surface area contributed by atoms with Crippen LogP contribution >= 0.6 is 0 Å². The molecule has 0 bridgehead atoms. The quantitative estimate of drug-likeness (QED) is 0.709. The van der Waals surface area contributed by atoms with E-state index in [0.717, 1.165) is 67.8 Å². The third kappa shape index (κ3) is 3.15. The fourth-order valence-corrected chi connectivity index (χ4v) is 3.57. The molecule has 26 heavy (non-hydrogen) atoms. The fourth-order valence-electron chi connectivity index (χ4n) is 3.57. The van der Waals surface area contributed by atoms with Gasteiger partial charge in [0.15, 0.2) is 5.65 Å². The van der Waals surface area contributed by atoms with Gasteiger partial charge in [0.05, 0.1) is 31.7 Å². The van der Waals surface area contributed by atoms with Gasteiger partial charge in [-0.1, -0.05) is 6.07 Å². The number of fused-ring (bicyclic) bond motifs is 1. The summed E-state index contributed by atoms with van der Waals surface area (Å²) < 4.78 is 7.53. The molecule has 0 amide bonds. The highest BCUT2D eigenvalue weighted by Gasteiger charge is 2.18. The number of aromatic nitrogens is 4. The summed E-state index contributed by atoms with van der Waals surface area (Å²) in [5.74, 6) is 1.78. The van der Waals surface area contributed by atoms with Crippen molar-refractivity contribution < 1.29 is 9.64 Å². The first-order chi connectivity index (χ1) is 12.8. The molecule has 136 valence electrons. The molecule has 4 heterocycles. The number of anilines is 1. The first-order valence-corrected chi connectivity index (χ1v) is 9.15. The number of nitrogens with zero attached hydrogens (tertiary/aromatic N) is 4. The number of rotatable bonds is 5. The molecule has 0 spiro atoms. The number of pyridine rings is 1. The normalized spacial score (nSPS) is 15.5. The highest BCUT2D eigenvalue weighted by atomic mass is 16.5. The number of hydrogen-bond acceptors (Lipinski definition) is 5. The van der Waals surface area contributed by atoms with Crippen LogP contribution in [-0.2, 0) is 4.74 Å². The third-order valence-corrected chi connectivity index (χ3v) is 5.14. The standard InChI is InChI=1S/C19H24N6O/c1-14-15(2)25(16-5-3-4-6-20-16)19-17(14)18(22-13-23-19)21-7-8-24-9-11-26-12-10-24/h3-6,13H,7-12H2,1-2H3,(H,21,22,23)/p+1. The van der Waals surface area contributed by atoms with E-state index in [0.29, 0.717) is 0 Å². The minimum absolute atomic E-state index is 0.859. The molecule has 1 aliphatic rings. The number of hydrogen-bond donors (Lipinski definition) is 2. The van der Waals surface area contributed by atoms with E-state index < -0.39 is 0 Å². The Morgan fingerprint density at radius 3 is 2.77 bits per heavy atom. The lowest BCUT2D eigenvalue weighted by Crippen LogP contribution is -3.14. The molecule has 7 heteroatoms. The molecule has 3 aromatic rings. The van der Waals surface area contributed by atoms with Crippen LogP contribution in [0.3, 0.4) is 0 Å². The van der Waals surface area contributed by atoms with Crippen molar-refractivity contribution in [1.82, 2.24) is 19.5 Å². The first-order valence-electron chi connectivity index (χ1n) is 9.15. The maximum Gasteiger partial charge on any atom is 0.151 e. The molecular weight excluding hydrogens is 328 g/mol. The average molecular weight is 353 g/mol. The first kappa shape index (κ1) is 16.9. The van der Waals surface area contributed by atoms with Gasteiger partial charge in [0, 0.05) is 11.9 Å². The summed E-state index contributed by atoms with van der Waals surface area (Å²) in [5, 5.41) is 4.60. The summed E-state index contributed by atoms with van der Waals surface area (Å²) in [7, 11) is 0. The Kier molecular flexibility index (Phi) is 4.81. The molecule has 0 radical (unpaired) electrons. The number of ether oxygens (including phenoxy) is 1. The number of quaternary nitrogens is 1. The maximum atomic E-state index is 5.43. The van der Waals surface area contributed by atoms with E-state index in [4.69, 9.17) is 4.74 Å². The summed E-state index contributed by atoms with van der Waals surface area (Å²) >= 11 is 0. The predicted octanol–water partition coefficient (Wildman–Crippen LogP) is 0.759. The molecule has 2 N–H and O–H groups in total. The van der Waals surface area contributed by atoms with Crippen LogP contribution in [0, 0.1) is 13.8 Å². The summed E-state index contributed by atoms with van der Waals surface area (Å²) in [4.78, 5) is 15.1. The van der Waals surface area contributed by atoms with Crippen molar-refractivity contribution in [2.75, 3.05) is 44.7 Å².